The average Bonchev–Trinajstić information content (AvgIpc) is 2.52. The van der Waals surface area contributed by atoms with Gasteiger partial charge in [-0.05, 0) is 38.2 Å². The van der Waals surface area contributed by atoms with Crippen molar-refractivity contribution in [2.24, 2.45) is 0 Å². The fraction of sp³-hybridized carbons (Fsp3) is 0.571. The number of thiophene rings is 1. The minimum Gasteiger partial charge on any atom is -0.462 e. The van der Waals surface area contributed by atoms with Crippen LogP contribution in [0.4, 0.5) is 5.00 Å². The van der Waals surface area contributed by atoms with Crippen LogP contribution in [0.2, 0.25) is 0 Å². The molecule has 0 fully saturated rings. The van der Waals surface area contributed by atoms with Crippen LogP contribution < -0.4 is 5.32 Å². The second-order valence-corrected chi connectivity index (χ2v) is 5.78. The van der Waals surface area contributed by atoms with Crippen molar-refractivity contribution < 1.29 is 14.3 Å². The van der Waals surface area contributed by atoms with Crippen LogP contribution in [0, 0.1) is 0 Å². The number of rotatable bonds is 3. The van der Waals surface area contributed by atoms with Crippen molar-refractivity contribution >= 4 is 28.2 Å². The monoisotopic (exact) mass is 281 g/mol. The van der Waals surface area contributed by atoms with Gasteiger partial charge in [-0.1, -0.05) is 6.42 Å². The predicted molar refractivity (Wildman–Crippen MR) is 75.8 cm³/mol. The molecule has 1 aromatic rings. The number of hydrogen-bond acceptors (Lipinski definition) is 4. The highest BCUT2D eigenvalue weighted by atomic mass is 32.1. The molecule has 19 heavy (non-hydrogen) atoms. The Bertz CT molecular complexity index is 493. The first-order valence-corrected chi connectivity index (χ1v) is 7.54. The molecule has 0 radical (unpaired) electrons. The van der Waals surface area contributed by atoms with Crippen molar-refractivity contribution in [2.45, 2.75) is 46.0 Å². The van der Waals surface area contributed by atoms with Gasteiger partial charge in [0.05, 0.1) is 12.2 Å². The van der Waals surface area contributed by atoms with Gasteiger partial charge in [-0.15, -0.1) is 11.3 Å². The molecule has 0 spiro atoms. The number of esters is 1. The minimum absolute atomic E-state index is 0.151. The normalized spacial score (nSPS) is 14.4. The van der Waals surface area contributed by atoms with E-state index in [2.05, 4.69) is 5.32 Å². The number of ether oxygens (including phenoxy) is 1. The molecule has 2 rings (SSSR count). The number of carbonyl (C=O) groups is 2. The van der Waals surface area contributed by atoms with Gasteiger partial charge in [0.15, 0.2) is 0 Å². The van der Waals surface area contributed by atoms with Crippen molar-refractivity contribution in [1.29, 1.82) is 0 Å². The van der Waals surface area contributed by atoms with E-state index in [1.165, 1.54) is 29.6 Å². The molecule has 1 heterocycles. The highest BCUT2D eigenvalue weighted by Gasteiger charge is 2.25. The topological polar surface area (TPSA) is 55.4 Å². The molecule has 1 N–H and O–H groups in total. The first kappa shape index (κ1) is 14.1. The first-order chi connectivity index (χ1) is 9.13. The maximum absolute atomic E-state index is 12.1. The van der Waals surface area contributed by atoms with Crippen molar-refractivity contribution in [3.63, 3.8) is 0 Å². The van der Waals surface area contributed by atoms with Crippen LogP contribution in [0.1, 0.15) is 53.9 Å². The lowest BCUT2D eigenvalue weighted by Crippen LogP contribution is -2.12. The van der Waals surface area contributed by atoms with Crippen LogP contribution >= 0.6 is 11.3 Å². The third kappa shape index (κ3) is 3.15. The molecule has 0 aliphatic heterocycles. The molecule has 0 bridgehead atoms. The van der Waals surface area contributed by atoms with Gasteiger partial charge in [0.25, 0.3) is 0 Å². The zero-order chi connectivity index (χ0) is 13.8. The molecule has 0 saturated carbocycles. The third-order valence-corrected chi connectivity index (χ3v) is 4.40. The lowest BCUT2D eigenvalue weighted by molar-refractivity contribution is -0.114. The summed E-state index contributed by atoms with van der Waals surface area (Å²) in [5.74, 6) is -0.465. The Morgan fingerprint density at radius 2 is 2.00 bits per heavy atom. The van der Waals surface area contributed by atoms with Gasteiger partial charge in [0, 0.05) is 11.8 Å². The number of nitrogens with one attached hydrogen (secondary N) is 1. The van der Waals surface area contributed by atoms with E-state index in [4.69, 9.17) is 4.74 Å². The number of carbonyl (C=O) groups excluding carboxylic acids is 2. The molecule has 0 atom stereocenters. The molecule has 1 aliphatic carbocycles. The van der Waals surface area contributed by atoms with Gasteiger partial charge in [-0.25, -0.2) is 4.79 Å². The predicted octanol–water partition coefficient (Wildman–Crippen LogP) is 3.15. The molecule has 5 heteroatoms. The molecular formula is C14H19NO3S. The highest BCUT2D eigenvalue weighted by Crippen LogP contribution is 2.37. The molecule has 0 unspecified atom stereocenters. The third-order valence-electron chi connectivity index (χ3n) is 3.19. The molecule has 1 aliphatic rings. The van der Waals surface area contributed by atoms with Crippen LogP contribution in [-0.4, -0.2) is 18.5 Å². The van der Waals surface area contributed by atoms with Crippen molar-refractivity contribution in [1.82, 2.24) is 0 Å². The minimum atomic E-state index is -0.314. The van der Waals surface area contributed by atoms with E-state index in [0.29, 0.717) is 17.2 Å². The van der Waals surface area contributed by atoms with Crippen LogP contribution in [0.3, 0.4) is 0 Å². The van der Waals surface area contributed by atoms with E-state index in [1.54, 1.807) is 6.92 Å². The first-order valence-electron chi connectivity index (χ1n) is 6.72. The zero-order valence-corrected chi connectivity index (χ0v) is 12.2. The van der Waals surface area contributed by atoms with Crippen LogP contribution in [0.15, 0.2) is 0 Å². The molecule has 1 aromatic heterocycles. The zero-order valence-electron chi connectivity index (χ0n) is 11.4. The lowest BCUT2D eigenvalue weighted by atomic mass is 10.1. The fourth-order valence-corrected chi connectivity index (χ4v) is 3.73. The van der Waals surface area contributed by atoms with Crippen LogP contribution in [-0.2, 0) is 22.4 Å². The van der Waals surface area contributed by atoms with E-state index in [9.17, 15) is 9.59 Å². The van der Waals surface area contributed by atoms with Crippen molar-refractivity contribution in [2.75, 3.05) is 11.9 Å². The summed E-state index contributed by atoms with van der Waals surface area (Å²) in [6, 6.07) is 0. The SMILES string of the molecule is CCOC(=O)c1c(NC(C)=O)sc2c1CCCCC2. The standard InChI is InChI=1S/C14H19NO3S/c1-3-18-14(17)12-10-7-5-4-6-8-11(10)19-13(12)15-9(2)16/h3-8H2,1-2H3,(H,15,16). The lowest BCUT2D eigenvalue weighted by Gasteiger charge is -2.07. The van der Waals surface area contributed by atoms with Gasteiger partial charge in [0.2, 0.25) is 5.91 Å². The summed E-state index contributed by atoms with van der Waals surface area (Å²) in [5.41, 5.74) is 1.67. The summed E-state index contributed by atoms with van der Waals surface area (Å²) in [6.45, 7) is 3.60. The fourth-order valence-electron chi connectivity index (χ4n) is 2.41. The second-order valence-electron chi connectivity index (χ2n) is 4.67. The molecular weight excluding hydrogens is 262 g/mol. The number of hydrogen-bond donors (Lipinski definition) is 1. The van der Waals surface area contributed by atoms with Gasteiger partial charge in [-0.3, -0.25) is 4.79 Å². The molecule has 4 nitrogen and oxygen atoms in total. The Kier molecular flexibility index (Phi) is 4.58. The number of amides is 1. The molecule has 104 valence electrons. The van der Waals surface area contributed by atoms with E-state index in [1.807, 2.05) is 0 Å². The smallest absolute Gasteiger partial charge is 0.341 e. The Morgan fingerprint density at radius 3 is 2.68 bits per heavy atom. The number of aryl methyl sites for hydroxylation is 1. The molecule has 1 amide bonds. The Morgan fingerprint density at radius 1 is 1.26 bits per heavy atom. The Labute approximate surface area is 117 Å². The Hall–Kier alpha value is -1.36. The molecule has 0 aromatic carbocycles. The summed E-state index contributed by atoms with van der Waals surface area (Å²) in [5, 5.41) is 3.42. The number of anilines is 1. The van der Waals surface area contributed by atoms with E-state index in [0.717, 1.165) is 31.2 Å². The van der Waals surface area contributed by atoms with Gasteiger partial charge < -0.3 is 10.1 Å². The van der Waals surface area contributed by atoms with E-state index in [-0.39, 0.29) is 11.9 Å². The summed E-state index contributed by atoms with van der Waals surface area (Å²) >= 11 is 1.53. The van der Waals surface area contributed by atoms with Crippen LogP contribution in [0.5, 0.6) is 0 Å². The maximum Gasteiger partial charge on any atom is 0.341 e. The van der Waals surface area contributed by atoms with Gasteiger partial charge in [0.1, 0.15) is 5.00 Å². The molecule has 0 saturated heterocycles. The van der Waals surface area contributed by atoms with Crippen LogP contribution in [0.25, 0.3) is 0 Å². The summed E-state index contributed by atoms with van der Waals surface area (Å²) in [4.78, 5) is 24.6. The summed E-state index contributed by atoms with van der Waals surface area (Å²) in [7, 11) is 0. The van der Waals surface area contributed by atoms with Gasteiger partial charge in [-0.2, -0.15) is 0 Å². The summed E-state index contributed by atoms with van der Waals surface area (Å²) in [6.07, 6.45) is 5.33. The largest absolute Gasteiger partial charge is 0.462 e. The average molecular weight is 281 g/mol. The van der Waals surface area contributed by atoms with Crippen molar-refractivity contribution in [3.05, 3.63) is 16.0 Å². The van der Waals surface area contributed by atoms with E-state index < -0.39 is 0 Å². The Balaban J connectivity index is 2.42. The quantitative estimate of drug-likeness (QED) is 0.684. The highest BCUT2D eigenvalue weighted by molar-refractivity contribution is 7.17. The second kappa shape index (κ2) is 6.19. The summed E-state index contributed by atoms with van der Waals surface area (Å²) < 4.78 is 5.13. The maximum atomic E-state index is 12.1. The number of fused-ring (bicyclic) bond motifs is 1. The van der Waals surface area contributed by atoms with Gasteiger partial charge >= 0.3 is 5.97 Å². The van der Waals surface area contributed by atoms with Crippen molar-refractivity contribution in [3.8, 4) is 0 Å². The van der Waals surface area contributed by atoms with E-state index >= 15 is 0 Å².